The highest BCUT2D eigenvalue weighted by atomic mass is 16.5. The summed E-state index contributed by atoms with van der Waals surface area (Å²) in [6, 6.07) is 5.69. The maximum absolute atomic E-state index is 11.1. The van der Waals surface area contributed by atoms with E-state index in [4.69, 9.17) is 9.94 Å². The van der Waals surface area contributed by atoms with Crippen LogP contribution in [0.5, 0.6) is 5.75 Å². The van der Waals surface area contributed by atoms with Crippen molar-refractivity contribution in [2.45, 2.75) is 26.7 Å². The molecule has 2 N–H and O–H groups in total. The Hall–Kier alpha value is -2.04. The zero-order chi connectivity index (χ0) is 14.3. The molecule has 1 aromatic carbocycles. The quantitative estimate of drug-likeness (QED) is 0.358. The van der Waals surface area contributed by atoms with E-state index in [2.05, 4.69) is 10.5 Å². The van der Waals surface area contributed by atoms with Crippen molar-refractivity contribution in [1.29, 1.82) is 0 Å². The van der Waals surface area contributed by atoms with Crippen LogP contribution in [0.2, 0.25) is 0 Å². The van der Waals surface area contributed by atoms with Crippen LogP contribution in [-0.2, 0) is 4.79 Å². The third-order valence-electron chi connectivity index (χ3n) is 2.76. The number of hydrogen-bond donors (Lipinski definition) is 2. The minimum Gasteiger partial charge on any atom is -0.493 e. The molecule has 1 rings (SSSR count). The van der Waals surface area contributed by atoms with E-state index in [1.54, 1.807) is 14.0 Å². The van der Waals surface area contributed by atoms with Gasteiger partial charge in [0.05, 0.1) is 12.3 Å². The van der Waals surface area contributed by atoms with Crippen LogP contribution >= 0.6 is 0 Å². The van der Waals surface area contributed by atoms with Crippen LogP contribution in [0.25, 0.3) is 0 Å². The van der Waals surface area contributed by atoms with Crippen molar-refractivity contribution in [2.75, 3.05) is 13.7 Å². The summed E-state index contributed by atoms with van der Waals surface area (Å²) in [5, 5.41) is 14.6. The number of oxime groups is 1. The largest absolute Gasteiger partial charge is 0.493 e. The maximum Gasteiger partial charge on any atom is 0.219 e. The van der Waals surface area contributed by atoms with Crippen LogP contribution in [0.3, 0.4) is 0 Å². The van der Waals surface area contributed by atoms with E-state index in [-0.39, 0.29) is 5.91 Å². The van der Waals surface area contributed by atoms with Gasteiger partial charge in [0.25, 0.3) is 0 Å². The highest BCUT2D eigenvalue weighted by molar-refractivity contribution is 6.00. The zero-order valence-corrected chi connectivity index (χ0v) is 11.6. The number of nitrogens with zero attached hydrogens (tertiary/aromatic N) is 1. The van der Waals surface area contributed by atoms with Crippen LogP contribution in [0.1, 0.15) is 30.9 Å². The molecule has 0 saturated heterocycles. The van der Waals surface area contributed by atoms with Gasteiger partial charge in [-0.25, -0.2) is 0 Å². The Morgan fingerprint density at radius 2 is 2.21 bits per heavy atom. The average Bonchev–Trinajstić information content (AvgIpc) is 2.43. The third-order valence-corrected chi connectivity index (χ3v) is 2.76. The minimum atomic E-state index is 0.000769. The molecule has 0 spiro atoms. The van der Waals surface area contributed by atoms with Gasteiger partial charge >= 0.3 is 0 Å². The zero-order valence-electron chi connectivity index (χ0n) is 11.6. The lowest BCUT2D eigenvalue weighted by atomic mass is 10.1. The van der Waals surface area contributed by atoms with Gasteiger partial charge in [0.2, 0.25) is 5.91 Å². The van der Waals surface area contributed by atoms with E-state index in [0.717, 1.165) is 11.1 Å². The van der Waals surface area contributed by atoms with Gasteiger partial charge in [-0.1, -0.05) is 16.8 Å². The van der Waals surface area contributed by atoms with Gasteiger partial charge < -0.3 is 15.3 Å². The van der Waals surface area contributed by atoms with Gasteiger partial charge in [-0.3, -0.25) is 4.79 Å². The van der Waals surface area contributed by atoms with Crippen LogP contribution in [0.15, 0.2) is 23.4 Å². The highest BCUT2D eigenvalue weighted by Crippen LogP contribution is 2.21. The number of carbonyl (C=O) groups excluding carboxylic acids is 1. The van der Waals surface area contributed by atoms with Gasteiger partial charge in [0.15, 0.2) is 0 Å². The Labute approximate surface area is 113 Å². The fraction of sp³-hybridized carbons (Fsp3) is 0.429. The fourth-order valence-electron chi connectivity index (χ4n) is 1.65. The van der Waals surface area contributed by atoms with Crippen molar-refractivity contribution in [2.24, 2.45) is 5.16 Å². The van der Waals surface area contributed by atoms with Gasteiger partial charge in [-0.15, -0.1) is 0 Å². The van der Waals surface area contributed by atoms with E-state index in [0.29, 0.717) is 30.9 Å². The summed E-state index contributed by atoms with van der Waals surface area (Å²) in [7, 11) is 1.61. The Morgan fingerprint density at radius 1 is 1.47 bits per heavy atom. The molecule has 0 saturated carbocycles. The van der Waals surface area contributed by atoms with Crippen molar-refractivity contribution < 1.29 is 14.7 Å². The fourth-order valence-corrected chi connectivity index (χ4v) is 1.65. The lowest BCUT2D eigenvalue weighted by Crippen LogP contribution is -2.18. The third kappa shape index (κ3) is 4.62. The molecular weight excluding hydrogens is 244 g/mol. The second kappa shape index (κ2) is 7.41. The Balaban J connectivity index is 2.65. The number of nitrogens with one attached hydrogen (secondary N) is 1. The lowest BCUT2D eigenvalue weighted by Gasteiger charge is -2.11. The van der Waals surface area contributed by atoms with Crippen molar-refractivity contribution in [1.82, 2.24) is 5.32 Å². The molecule has 0 bridgehead atoms. The first kappa shape index (κ1) is 15.0. The number of hydrogen-bond acceptors (Lipinski definition) is 4. The van der Waals surface area contributed by atoms with Crippen molar-refractivity contribution in [3.63, 3.8) is 0 Å². The normalized spacial score (nSPS) is 11.2. The summed E-state index contributed by atoms with van der Waals surface area (Å²) < 4.78 is 5.64. The van der Waals surface area contributed by atoms with Gasteiger partial charge in [-0.2, -0.15) is 0 Å². The molecule has 0 unspecified atom stereocenters. The predicted molar refractivity (Wildman–Crippen MR) is 74.0 cm³/mol. The monoisotopic (exact) mass is 264 g/mol. The summed E-state index contributed by atoms with van der Waals surface area (Å²) in [6.07, 6.45) is 1.08. The molecule has 0 fully saturated rings. The molecule has 0 aliphatic heterocycles. The van der Waals surface area contributed by atoms with Crippen LogP contribution in [0.4, 0.5) is 0 Å². The summed E-state index contributed by atoms with van der Waals surface area (Å²) in [4.78, 5) is 11.1. The van der Waals surface area contributed by atoms with Crippen molar-refractivity contribution >= 4 is 11.6 Å². The standard InChI is InChI=1S/C14H20N2O3/c1-10-6-7-13(12(9-10)11(2)16-18)19-8-4-5-14(17)15-3/h6-7,9,18H,4-5,8H2,1-3H3,(H,15,17). The molecule has 0 aliphatic carbocycles. The smallest absolute Gasteiger partial charge is 0.219 e. The highest BCUT2D eigenvalue weighted by Gasteiger charge is 2.08. The Kier molecular flexibility index (Phi) is 5.85. The van der Waals surface area contributed by atoms with E-state index < -0.39 is 0 Å². The topological polar surface area (TPSA) is 70.9 Å². The number of carbonyl (C=O) groups is 1. The van der Waals surface area contributed by atoms with Crippen molar-refractivity contribution in [3.05, 3.63) is 29.3 Å². The molecular formula is C14H20N2O3. The van der Waals surface area contributed by atoms with Crippen LogP contribution in [-0.4, -0.2) is 30.5 Å². The summed E-state index contributed by atoms with van der Waals surface area (Å²) >= 11 is 0. The van der Waals surface area contributed by atoms with E-state index in [1.807, 2.05) is 25.1 Å². The number of rotatable bonds is 6. The van der Waals surface area contributed by atoms with Crippen LogP contribution < -0.4 is 10.1 Å². The minimum absolute atomic E-state index is 0.000769. The lowest BCUT2D eigenvalue weighted by molar-refractivity contribution is -0.120. The molecule has 0 aliphatic rings. The van der Waals surface area contributed by atoms with Gasteiger partial charge in [0, 0.05) is 19.0 Å². The molecule has 0 radical (unpaired) electrons. The second-order valence-corrected chi connectivity index (χ2v) is 4.31. The first-order valence-corrected chi connectivity index (χ1v) is 6.21. The van der Waals surface area contributed by atoms with Gasteiger partial charge in [-0.05, 0) is 32.4 Å². The number of aryl methyl sites for hydroxylation is 1. The van der Waals surface area contributed by atoms with Crippen molar-refractivity contribution in [3.8, 4) is 5.75 Å². The summed E-state index contributed by atoms with van der Waals surface area (Å²) in [5.41, 5.74) is 2.34. The maximum atomic E-state index is 11.1. The molecule has 5 heteroatoms. The predicted octanol–water partition coefficient (Wildman–Crippen LogP) is 2.10. The summed E-state index contributed by atoms with van der Waals surface area (Å²) in [6.45, 7) is 4.12. The second-order valence-electron chi connectivity index (χ2n) is 4.31. The van der Waals surface area contributed by atoms with E-state index in [9.17, 15) is 4.79 Å². The molecule has 0 atom stereocenters. The molecule has 0 aromatic heterocycles. The first-order chi connectivity index (χ1) is 9.08. The molecule has 104 valence electrons. The molecule has 0 heterocycles. The molecule has 19 heavy (non-hydrogen) atoms. The SMILES string of the molecule is CNC(=O)CCCOc1ccc(C)cc1C(C)=NO. The van der Waals surface area contributed by atoms with E-state index in [1.165, 1.54) is 0 Å². The Bertz CT molecular complexity index is 470. The molecule has 1 amide bonds. The van der Waals surface area contributed by atoms with Gasteiger partial charge in [0.1, 0.15) is 5.75 Å². The number of amides is 1. The number of benzene rings is 1. The molecule has 5 nitrogen and oxygen atoms in total. The first-order valence-electron chi connectivity index (χ1n) is 6.21. The van der Waals surface area contributed by atoms with E-state index >= 15 is 0 Å². The summed E-state index contributed by atoms with van der Waals surface area (Å²) in [5.74, 6) is 0.665. The van der Waals surface area contributed by atoms with Crippen LogP contribution in [0, 0.1) is 6.92 Å². The molecule has 1 aromatic rings. The average molecular weight is 264 g/mol. The number of ether oxygens (including phenoxy) is 1. The Morgan fingerprint density at radius 3 is 2.84 bits per heavy atom.